The quantitative estimate of drug-likeness (QED) is 0.0249. The van der Waals surface area contributed by atoms with Gasteiger partial charge in [0.2, 0.25) is 82.7 Å². The summed E-state index contributed by atoms with van der Waals surface area (Å²) in [6.07, 6.45) is 2.44. The fraction of sp³-hybridized carbons (Fsp3) is 0.505. The summed E-state index contributed by atoms with van der Waals surface area (Å²) in [5, 5.41) is 65.7. The second-order valence-electron chi connectivity index (χ2n) is 33.2. The van der Waals surface area contributed by atoms with Crippen LogP contribution in [0.4, 0.5) is 4.79 Å². The van der Waals surface area contributed by atoms with Gasteiger partial charge in [-0.1, -0.05) is 185 Å². The van der Waals surface area contributed by atoms with Crippen molar-refractivity contribution in [2.24, 2.45) is 29.4 Å². The molecule has 15 amide bonds. The van der Waals surface area contributed by atoms with Crippen LogP contribution in [0.5, 0.6) is 11.5 Å². The van der Waals surface area contributed by atoms with Gasteiger partial charge >= 0.3 is 6.09 Å². The second-order valence-corrected chi connectivity index (χ2v) is 35.0. The summed E-state index contributed by atoms with van der Waals surface area (Å²) >= 11 is 9.79. The van der Waals surface area contributed by atoms with Crippen LogP contribution in [0, 0.1) is 23.7 Å². The highest BCUT2D eigenvalue weighted by molar-refractivity contribution is 7.98. The van der Waals surface area contributed by atoms with Gasteiger partial charge in [0.15, 0.2) is 0 Å². The van der Waals surface area contributed by atoms with Crippen molar-refractivity contribution in [3.63, 3.8) is 0 Å². The molecule has 0 spiro atoms. The molecule has 5 aromatic rings. The fourth-order valence-electron chi connectivity index (χ4n) is 14.9. The topological polar surface area (TPSA) is 512 Å². The molecule has 0 saturated carbocycles. The smallest absolute Gasteiger partial charge is 0.407 e. The number of rotatable bonds is 50. The Balaban J connectivity index is 1.05. The molecule has 696 valence electrons. The predicted molar refractivity (Wildman–Crippen MR) is 490 cm³/mol. The highest BCUT2D eigenvalue weighted by Gasteiger charge is 2.44. The van der Waals surface area contributed by atoms with Gasteiger partial charge in [-0.15, -0.1) is 0 Å². The number of thiol groups is 2. The third kappa shape index (κ3) is 30.9. The molecular formula is C91H125N15O19S3. The molecule has 7 rings (SSSR count). The van der Waals surface area contributed by atoms with E-state index in [1.165, 1.54) is 65.2 Å². The number of nitrogens with one attached hydrogen (secondary N) is 13. The zero-order chi connectivity index (χ0) is 94.0. The number of primary amides is 1. The molecule has 2 aliphatic rings. The first-order chi connectivity index (χ1) is 61.0. The second kappa shape index (κ2) is 51.5. The maximum absolute atomic E-state index is 15.2. The number of benzene rings is 5. The van der Waals surface area contributed by atoms with E-state index in [-0.39, 0.29) is 99.4 Å². The van der Waals surface area contributed by atoms with E-state index >= 15 is 14.4 Å². The minimum atomic E-state index is -1.73. The summed E-state index contributed by atoms with van der Waals surface area (Å²) in [5.74, 6) is -14.3. The summed E-state index contributed by atoms with van der Waals surface area (Å²) in [7, 11) is 0. The van der Waals surface area contributed by atoms with Crippen LogP contribution in [-0.2, 0) is 91.1 Å². The Morgan fingerprint density at radius 1 is 0.484 bits per heavy atom. The highest BCUT2D eigenvalue weighted by Crippen LogP contribution is 2.44. The number of aromatic hydroxyl groups is 2. The normalized spacial score (nSPS) is 15.9. The maximum Gasteiger partial charge on any atom is 0.407 e. The van der Waals surface area contributed by atoms with E-state index in [1.54, 1.807) is 92.0 Å². The number of carbonyl (C=O) groups excluding carboxylic acids is 15. The molecule has 1 aliphatic heterocycles. The molecule has 37 heteroatoms. The third-order valence-electron chi connectivity index (χ3n) is 22.3. The first kappa shape index (κ1) is 104. The van der Waals surface area contributed by atoms with Crippen molar-refractivity contribution < 1.29 is 92.0 Å². The lowest BCUT2D eigenvalue weighted by atomic mass is 9.95. The van der Waals surface area contributed by atoms with Crippen LogP contribution in [0.15, 0.2) is 127 Å². The van der Waals surface area contributed by atoms with E-state index in [4.69, 9.17) is 10.5 Å². The molecule has 14 atom stereocenters. The first-order valence-corrected chi connectivity index (χ1v) is 45.9. The summed E-state index contributed by atoms with van der Waals surface area (Å²) in [6.45, 7) is 13.9. The Kier molecular flexibility index (Phi) is 41.7. The molecular weight excluding hydrogens is 1700 g/mol. The van der Waals surface area contributed by atoms with Crippen LogP contribution in [-0.4, -0.2) is 237 Å². The summed E-state index contributed by atoms with van der Waals surface area (Å²) in [6, 6.07) is 17.9. The van der Waals surface area contributed by atoms with E-state index < -0.39 is 198 Å². The minimum Gasteiger partial charge on any atom is -0.508 e. The molecule has 1 fully saturated rings. The van der Waals surface area contributed by atoms with E-state index in [9.17, 15) is 72.9 Å². The molecule has 0 unspecified atom stereocenters. The van der Waals surface area contributed by atoms with Gasteiger partial charge in [-0.2, -0.15) is 37.0 Å². The highest BCUT2D eigenvalue weighted by atomic mass is 32.2. The van der Waals surface area contributed by atoms with Crippen molar-refractivity contribution in [3.05, 3.63) is 155 Å². The molecule has 34 nitrogen and oxygen atoms in total. The number of ether oxygens (including phenoxy) is 1. The number of nitrogens with two attached hydrogens (primary N) is 1. The molecule has 1 saturated heterocycles. The first-order valence-electron chi connectivity index (χ1n) is 43.3. The van der Waals surface area contributed by atoms with Crippen molar-refractivity contribution >= 4 is 126 Å². The summed E-state index contributed by atoms with van der Waals surface area (Å²) in [4.78, 5) is 214. The molecule has 128 heavy (non-hydrogen) atoms. The average Bonchev–Trinajstić information content (AvgIpc) is 1.61. The molecule has 0 radical (unpaired) electrons. The summed E-state index contributed by atoms with van der Waals surface area (Å²) in [5.41, 5.74) is 10.8. The van der Waals surface area contributed by atoms with Gasteiger partial charge in [-0.3, -0.25) is 67.1 Å². The van der Waals surface area contributed by atoms with E-state index in [0.717, 1.165) is 22.3 Å². The number of likely N-dealkylation sites (tertiary alicyclic amines) is 1. The number of phenolic OH excluding ortho intramolecular Hbond substituents is 2. The predicted octanol–water partition coefficient (Wildman–Crippen LogP) is 3.16. The van der Waals surface area contributed by atoms with Crippen molar-refractivity contribution in [3.8, 4) is 22.6 Å². The fourth-order valence-corrected chi connectivity index (χ4v) is 15.9. The molecule has 0 bridgehead atoms. The maximum atomic E-state index is 15.2. The minimum absolute atomic E-state index is 0.00729. The number of hydrogen-bond donors (Lipinski definition) is 19. The largest absolute Gasteiger partial charge is 0.508 e. The monoisotopic (exact) mass is 1830 g/mol. The number of hydrogen-bond acceptors (Lipinski definition) is 22. The van der Waals surface area contributed by atoms with Gasteiger partial charge in [0.1, 0.15) is 96.6 Å². The Morgan fingerprint density at radius 3 is 1.44 bits per heavy atom. The van der Waals surface area contributed by atoms with Gasteiger partial charge in [-0.25, -0.2) is 4.79 Å². The number of phenols is 2. The number of carbonyl (C=O) groups is 15. The van der Waals surface area contributed by atoms with Crippen molar-refractivity contribution in [1.29, 1.82) is 0 Å². The number of unbranched alkanes of at least 4 members (excludes halogenated alkanes) is 1. The van der Waals surface area contributed by atoms with Gasteiger partial charge in [0.05, 0.1) is 13.2 Å². The Labute approximate surface area is 762 Å². The van der Waals surface area contributed by atoms with Crippen molar-refractivity contribution in [2.75, 3.05) is 49.8 Å². The van der Waals surface area contributed by atoms with Gasteiger partial charge in [0.25, 0.3) is 0 Å². The number of thioether (sulfide) groups is 1. The Morgan fingerprint density at radius 2 is 0.930 bits per heavy atom. The van der Waals surface area contributed by atoms with Crippen LogP contribution < -0.4 is 74.9 Å². The third-order valence-corrected chi connectivity index (χ3v) is 23.7. The Bertz CT molecular complexity index is 4580. The number of aliphatic hydroxyl groups is 1. The zero-order valence-corrected chi connectivity index (χ0v) is 76.6. The number of amides is 15. The zero-order valence-electron chi connectivity index (χ0n) is 73.9. The van der Waals surface area contributed by atoms with Crippen LogP contribution in [0.3, 0.4) is 0 Å². The van der Waals surface area contributed by atoms with Crippen molar-refractivity contribution in [2.45, 2.75) is 217 Å². The van der Waals surface area contributed by atoms with Crippen LogP contribution in [0.2, 0.25) is 0 Å². The lowest BCUT2D eigenvalue weighted by molar-refractivity contribution is -0.143. The summed E-state index contributed by atoms with van der Waals surface area (Å²) < 4.78 is 5.78. The molecule has 0 aromatic heterocycles. The lowest BCUT2D eigenvalue weighted by Gasteiger charge is -2.33. The standard InChI is InChI=1S/C91H125N15O19S3/c1-11-13-28-64(102-91(124)125-47-63-61-26-19-17-24-59(61)60-25-18-20-27-62(60)63)79(112)101-72(49-127)86(119)95-65(38-40-128-10)80(113)96-66(41-50(3)4)81(114)98-69(44-56-32-36-58(109)37-33-56)84(117)105-77(53(9)12-2)89(122)104-76(52(7)8)90(123)106-39-21-29-73(106)87(120)99-68(43-55-30-34-57(108)35-31-55)82(115)97-67(42-54-22-15-14-16-23-54)83(116)100-70(46-107)85(118)103-75(51(5)6)88(121)93-45-74(110)94-71(48-126)78(92)111/h14-20,22-27,30-37,50-53,63-73,75-77,107-109,126-127H,11-13,21,28-29,38-49H2,1-10H3,(H2,92,111)(H,93,121)(H,94,110)(H,95,119)(H,96,113)(H,97,115)(H,98,114)(H,99,120)(H,100,116)(H,101,112)(H,102,124)(H,103,118)(H,104,122)(H,105,117)/t53-,64-,65-,66-,67-,68-,69-,70-,71-,72-,73-,75-,76-,77-/m0/s1. The Hall–Kier alpha value is -11.4. The SMILES string of the molecule is CCCC[C@H](NC(=O)OCC1c2ccccc2-c2ccccc21)C(=O)N[C@@H](CS)C(=O)N[C@@H](CCSC)C(=O)N[C@@H](CC(C)C)C(=O)N[C@@H](Cc1ccc(O)cc1)C(=O)N[C@H](C(=O)N[C@H](C(=O)N1CCC[C@H]1C(=O)N[C@@H](Cc1ccc(O)cc1)C(=O)N[C@@H](Cc1ccccc1)C(=O)N[C@@H](CO)C(=O)N[C@H](C(=O)NCC(=O)N[C@@H](CS)C(N)=O)C(C)C)C(C)C)[C@@H](C)CC. The number of nitrogens with zero attached hydrogens (tertiary/aromatic N) is 1. The number of alkyl carbamates (subject to hydrolysis) is 1. The lowest BCUT2D eigenvalue weighted by Crippen LogP contribution is -2.62. The van der Waals surface area contributed by atoms with Gasteiger partial charge < -0.3 is 99.8 Å². The molecule has 1 heterocycles. The number of fused-ring (bicyclic) bond motifs is 3. The molecule has 5 aromatic carbocycles. The molecule has 1 aliphatic carbocycles. The average molecular weight is 1830 g/mol. The van der Waals surface area contributed by atoms with E-state index in [1.807, 2.05) is 55.5 Å². The van der Waals surface area contributed by atoms with Gasteiger partial charge in [0, 0.05) is 43.2 Å². The van der Waals surface area contributed by atoms with Gasteiger partial charge in [-0.05, 0) is 131 Å². The van der Waals surface area contributed by atoms with Crippen LogP contribution in [0.1, 0.15) is 147 Å². The number of aliphatic hydroxyl groups excluding tert-OH is 1. The van der Waals surface area contributed by atoms with Crippen LogP contribution in [0.25, 0.3) is 11.1 Å². The van der Waals surface area contributed by atoms with Crippen molar-refractivity contribution in [1.82, 2.24) is 74.0 Å². The van der Waals surface area contributed by atoms with E-state index in [2.05, 4.69) is 94.4 Å². The van der Waals surface area contributed by atoms with Crippen LogP contribution >= 0.6 is 37.0 Å². The molecule has 18 N–H and O–H groups in total. The van der Waals surface area contributed by atoms with E-state index in [0.29, 0.717) is 41.7 Å².